The van der Waals surface area contributed by atoms with Gasteiger partial charge in [-0.3, -0.25) is 0 Å². The largest absolute Gasteiger partial charge is 0.378 e. The summed E-state index contributed by atoms with van der Waals surface area (Å²) in [4.78, 5) is 2.12. The first-order valence-electron chi connectivity index (χ1n) is 8.11. The molecule has 0 fully saturated rings. The van der Waals surface area contributed by atoms with Crippen molar-refractivity contribution >= 4 is 30.1 Å². The van der Waals surface area contributed by atoms with E-state index in [0.717, 1.165) is 0 Å². The van der Waals surface area contributed by atoms with Crippen LogP contribution in [-0.4, -0.2) is 22.9 Å². The van der Waals surface area contributed by atoms with Crippen LogP contribution in [0.3, 0.4) is 0 Å². The molecule has 0 aliphatic carbocycles. The van der Waals surface area contributed by atoms with Gasteiger partial charge in [-0.25, -0.2) is 0 Å². The number of benzene rings is 3. The number of hydrogen-bond acceptors (Lipinski definition) is 1. The third kappa shape index (κ3) is 3.49. The third-order valence-corrected chi connectivity index (χ3v) is 6.87. The number of hydrogen-bond donors (Lipinski definition) is 0. The highest BCUT2D eigenvalue weighted by molar-refractivity contribution is 6.99. The maximum Gasteiger partial charge on any atom is 0.154 e. The topological polar surface area (TPSA) is 3.24 Å². The minimum Gasteiger partial charge on any atom is -0.378 e. The molecular weight excluding hydrogens is 306 g/mol. The van der Waals surface area contributed by atoms with Gasteiger partial charge in [0.25, 0.3) is 0 Å². The van der Waals surface area contributed by atoms with Crippen molar-refractivity contribution in [3.05, 3.63) is 97.1 Å². The zero-order valence-corrected chi connectivity index (χ0v) is 15.2. The van der Waals surface area contributed by atoms with Gasteiger partial charge in [0.15, 0.2) is 8.80 Å². The zero-order chi connectivity index (χ0) is 16.9. The number of nitrogens with zero attached hydrogens (tertiary/aromatic N) is 1. The van der Waals surface area contributed by atoms with E-state index in [1.807, 2.05) is 0 Å². The van der Waals surface area contributed by atoms with Crippen molar-refractivity contribution in [3.63, 3.8) is 0 Å². The van der Waals surface area contributed by atoms with E-state index in [1.165, 1.54) is 26.8 Å². The fourth-order valence-corrected chi connectivity index (χ4v) is 5.37. The summed E-state index contributed by atoms with van der Waals surface area (Å²) < 4.78 is 0. The Morgan fingerprint density at radius 3 is 1.58 bits per heavy atom. The highest BCUT2D eigenvalue weighted by Gasteiger charge is 2.21. The average Bonchev–Trinajstić information content (AvgIpc) is 2.64. The lowest BCUT2D eigenvalue weighted by atomic mass is 10.2. The van der Waals surface area contributed by atoms with Crippen LogP contribution in [0.4, 0.5) is 5.69 Å². The molecule has 3 rings (SSSR count). The van der Waals surface area contributed by atoms with Crippen LogP contribution in [0.1, 0.15) is 5.56 Å². The van der Waals surface area contributed by atoms with E-state index < -0.39 is 8.80 Å². The van der Waals surface area contributed by atoms with Gasteiger partial charge in [0.05, 0.1) is 0 Å². The summed E-state index contributed by atoms with van der Waals surface area (Å²) >= 11 is 0. The van der Waals surface area contributed by atoms with Crippen LogP contribution in [-0.2, 0) is 0 Å². The van der Waals surface area contributed by atoms with E-state index in [2.05, 4.69) is 111 Å². The molecule has 0 unspecified atom stereocenters. The lowest BCUT2D eigenvalue weighted by Gasteiger charge is -2.20. The van der Waals surface area contributed by atoms with Gasteiger partial charge in [-0.1, -0.05) is 94.9 Å². The fourth-order valence-electron chi connectivity index (χ4n) is 2.83. The maximum absolute atomic E-state index is 4.48. The van der Waals surface area contributed by atoms with Crippen LogP contribution < -0.4 is 15.3 Å². The van der Waals surface area contributed by atoms with Crippen molar-refractivity contribution in [2.45, 2.75) is 0 Å². The Morgan fingerprint density at radius 2 is 1.17 bits per heavy atom. The molecule has 0 N–H and O–H groups in total. The molecule has 0 aliphatic heterocycles. The molecule has 0 aromatic heterocycles. The van der Waals surface area contributed by atoms with Crippen molar-refractivity contribution in [2.24, 2.45) is 0 Å². The SMILES string of the molecule is C=C(c1ccc(N(C)C)cc1)[Si](c1ccccc1)c1ccccc1. The van der Waals surface area contributed by atoms with Crippen molar-refractivity contribution in [3.8, 4) is 0 Å². The van der Waals surface area contributed by atoms with Crippen LogP contribution in [0.25, 0.3) is 5.20 Å². The molecule has 0 atom stereocenters. The zero-order valence-electron chi connectivity index (χ0n) is 14.2. The van der Waals surface area contributed by atoms with E-state index in [0.29, 0.717) is 0 Å². The predicted octanol–water partition coefficient (Wildman–Crippen LogP) is 3.61. The molecule has 3 aromatic carbocycles. The number of anilines is 1. The van der Waals surface area contributed by atoms with Crippen LogP contribution in [0.15, 0.2) is 91.5 Å². The van der Waals surface area contributed by atoms with E-state index in [9.17, 15) is 0 Å². The molecule has 0 heterocycles. The average molecular weight is 329 g/mol. The summed E-state index contributed by atoms with van der Waals surface area (Å²) in [6.07, 6.45) is 0. The minimum atomic E-state index is -1.07. The molecular formula is C22H22NSi. The Kier molecular flexibility index (Phi) is 4.97. The van der Waals surface area contributed by atoms with Crippen LogP contribution in [0, 0.1) is 0 Å². The first-order valence-corrected chi connectivity index (χ1v) is 9.61. The summed E-state index contributed by atoms with van der Waals surface area (Å²) in [5.74, 6) is 0. The van der Waals surface area contributed by atoms with E-state index >= 15 is 0 Å². The lowest BCUT2D eigenvalue weighted by molar-refractivity contribution is 1.13. The minimum absolute atomic E-state index is 1.07. The van der Waals surface area contributed by atoms with E-state index in [1.54, 1.807) is 0 Å². The molecule has 0 spiro atoms. The van der Waals surface area contributed by atoms with Crippen LogP contribution in [0.2, 0.25) is 0 Å². The highest BCUT2D eigenvalue weighted by atomic mass is 28.3. The summed E-state index contributed by atoms with van der Waals surface area (Å²) in [6.45, 7) is 4.48. The van der Waals surface area contributed by atoms with Gasteiger partial charge < -0.3 is 4.90 Å². The van der Waals surface area contributed by atoms with Gasteiger partial charge in [0.1, 0.15) is 0 Å². The van der Waals surface area contributed by atoms with Crippen molar-refractivity contribution in [1.29, 1.82) is 0 Å². The molecule has 1 radical (unpaired) electrons. The number of rotatable bonds is 5. The molecule has 0 saturated carbocycles. The summed E-state index contributed by atoms with van der Waals surface area (Å²) in [5, 5.41) is 3.97. The lowest BCUT2D eigenvalue weighted by Crippen LogP contribution is -2.43. The first kappa shape index (κ1) is 16.3. The van der Waals surface area contributed by atoms with Crippen LogP contribution in [0.5, 0.6) is 0 Å². The molecule has 0 saturated heterocycles. The molecule has 0 amide bonds. The molecule has 1 nitrogen and oxygen atoms in total. The van der Waals surface area contributed by atoms with Crippen LogP contribution >= 0.6 is 0 Å². The van der Waals surface area contributed by atoms with Gasteiger partial charge in [-0.15, -0.1) is 0 Å². The van der Waals surface area contributed by atoms with Gasteiger partial charge in [-0.05, 0) is 17.7 Å². The molecule has 24 heavy (non-hydrogen) atoms. The molecule has 119 valence electrons. The highest BCUT2D eigenvalue weighted by Crippen LogP contribution is 2.20. The second-order valence-corrected chi connectivity index (χ2v) is 8.54. The Hall–Kier alpha value is -2.58. The first-order chi connectivity index (χ1) is 11.7. The van der Waals surface area contributed by atoms with Crippen molar-refractivity contribution in [2.75, 3.05) is 19.0 Å². The van der Waals surface area contributed by atoms with Gasteiger partial charge >= 0.3 is 0 Å². The molecule has 2 heteroatoms. The standard InChI is InChI=1S/C22H22NSi/c1-18(19-14-16-20(17-15-19)23(2)3)24(21-10-6-4-7-11-21)22-12-8-5-9-13-22/h4-17H,1H2,2-3H3. The fraction of sp³-hybridized carbons (Fsp3) is 0.0909. The Bertz CT molecular complexity index is 753. The second-order valence-electron chi connectivity index (χ2n) is 6.03. The smallest absolute Gasteiger partial charge is 0.154 e. The molecule has 0 bridgehead atoms. The van der Waals surface area contributed by atoms with Gasteiger partial charge in [0.2, 0.25) is 0 Å². The molecule has 0 aliphatic rings. The summed E-state index contributed by atoms with van der Waals surface area (Å²) in [5.41, 5.74) is 2.43. The molecule has 3 aromatic rings. The quantitative estimate of drug-likeness (QED) is 0.647. The Morgan fingerprint density at radius 1 is 0.708 bits per heavy atom. The van der Waals surface area contributed by atoms with Crippen molar-refractivity contribution < 1.29 is 0 Å². The predicted molar refractivity (Wildman–Crippen MR) is 108 cm³/mol. The summed E-state index contributed by atoms with van der Waals surface area (Å²) in [6, 6.07) is 30.2. The van der Waals surface area contributed by atoms with Gasteiger partial charge in [0, 0.05) is 19.8 Å². The Labute approximate surface area is 146 Å². The van der Waals surface area contributed by atoms with E-state index in [4.69, 9.17) is 0 Å². The monoisotopic (exact) mass is 328 g/mol. The Balaban J connectivity index is 2.01. The maximum atomic E-state index is 4.48. The normalized spacial score (nSPS) is 10.6. The second kappa shape index (κ2) is 7.32. The van der Waals surface area contributed by atoms with Gasteiger partial charge in [-0.2, -0.15) is 0 Å². The third-order valence-electron chi connectivity index (χ3n) is 4.16. The van der Waals surface area contributed by atoms with E-state index in [-0.39, 0.29) is 0 Å². The summed E-state index contributed by atoms with van der Waals surface area (Å²) in [7, 11) is 3.05. The van der Waals surface area contributed by atoms with Crippen molar-refractivity contribution in [1.82, 2.24) is 0 Å².